The molecular weight excluding hydrogens is 320 g/mol. The Kier molecular flexibility index (Phi) is 5.19. The first-order valence-corrected chi connectivity index (χ1v) is 8.36. The molecule has 0 saturated heterocycles. The molecule has 1 aromatic carbocycles. The van der Waals surface area contributed by atoms with E-state index in [4.69, 9.17) is 9.15 Å². The van der Waals surface area contributed by atoms with Crippen molar-refractivity contribution in [3.63, 3.8) is 0 Å². The van der Waals surface area contributed by atoms with Crippen LogP contribution in [0.15, 0.2) is 40.8 Å². The van der Waals surface area contributed by atoms with Crippen LogP contribution in [0.1, 0.15) is 47.7 Å². The van der Waals surface area contributed by atoms with Gasteiger partial charge in [0.1, 0.15) is 12.4 Å². The highest BCUT2D eigenvalue weighted by atomic mass is 16.5. The maximum atomic E-state index is 12.2. The van der Waals surface area contributed by atoms with Gasteiger partial charge in [-0.05, 0) is 49.6 Å². The molecule has 1 unspecified atom stereocenters. The number of amides is 2. The quantitative estimate of drug-likeness (QED) is 0.809. The maximum absolute atomic E-state index is 12.2. The van der Waals surface area contributed by atoms with Crippen molar-refractivity contribution in [2.24, 2.45) is 5.92 Å². The predicted octanol–water partition coefficient (Wildman–Crippen LogP) is 3.27. The van der Waals surface area contributed by atoms with Crippen LogP contribution in [-0.2, 0) is 16.1 Å². The summed E-state index contributed by atoms with van der Waals surface area (Å²) in [7, 11) is 1.57. The molecule has 1 heterocycles. The lowest BCUT2D eigenvalue weighted by Crippen LogP contribution is -2.26. The lowest BCUT2D eigenvalue weighted by Gasteiger charge is -2.14. The molecule has 2 amide bonds. The van der Waals surface area contributed by atoms with Crippen molar-refractivity contribution in [3.8, 4) is 0 Å². The molecule has 1 aliphatic rings. The molecule has 6 nitrogen and oxygen atoms in total. The van der Waals surface area contributed by atoms with Crippen LogP contribution < -0.4 is 10.6 Å². The Bertz CT molecular complexity index is 747. The minimum atomic E-state index is -0.277. The van der Waals surface area contributed by atoms with Crippen LogP contribution in [-0.4, -0.2) is 18.9 Å². The number of ether oxygens (including phenoxy) is 1. The van der Waals surface area contributed by atoms with E-state index >= 15 is 0 Å². The Morgan fingerprint density at radius 3 is 2.56 bits per heavy atom. The number of methoxy groups -OCH3 is 1. The monoisotopic (exact) mass is 342 g/mol. The number of benzene rings is 1. The summed E-state index contributed by atoms with van der Waals surface area (Å²) in [6.45, 7) is 2.23. The van der Waals surface area contributed by atoms with Gasteiger partial charge < -0.3 is 19.8 Å². The maximum Gasteiger partial charge on any atom is 0.287 e. The van der Waals surface area contributed by atoms with Gasteiger partial charge >= 0.3 is 0 Å². The highest BCUT2D eigenvalue weighted by Crippen LogP contribution is 2.30. The molecule has 0 spiro atoms. The Morgan fingerprint density at radius 1 is 1.20 bits per heavy atom. The molecule has 1 fully saturated rings. The second-order valence-electron chi connectivity index (χ2n) is 6.28. The number of nitrogens with one attached hydrogen (secondary N) is 2. The SMILES string of the molecule is COCc1ccc(C(=O)NC(C)c2ccc(NC(=O)C3CC3)cc2)o1. The Hall–Kier alpha value is -2.60. The third-order valence-electron chi connectivity index (χ3n) is 4.15. The second kappa shape index (κ2) is 7.53. The van der Waals surface area contributed by atoms with E-state index in [1.165, 1.54) is 0 Å². The summed E-state index contributed by atoms with van der Waals surface area (Å²) in [5.41, 5.74) is 1.72. The van der Waals surface area contributed by atoms with Gasteiger partial charge in [-0.3, -0.25) is 9.59 Å². The fourth-order valence-corrected chi connectivity index (χ4v) is 2.52. The molecule has 25 heavy (non-hydrogen) atoms. The number of carbonyl (C=O) groups excluding carboxylic acids is 2. The summed E-state index contributed by atoms with van der Waals surface area (Å²) in [6, 6.07) is 10.7. The van der Waals surface area contributed by atoms with Gasteiger partial charge in [-0.1, -0.05) is 12.1 Å². The lowest BCUT2D eigenvalue weighted by molar-refractivity contribution is -0.117. The van der Waals surface area contributed by atoms with Gasteiger partial charge in [-0.25, -0.2) is 0 Å². The van der Waals surface area contributed by atoms with Gasteiger partial charge in [0.15, 0.2) is 5.76 Å². The molecule has 0 aliphatic heterocycles. The molecule has 6 heteroatoms. The van der Waals surface area contributed by atoms with Crippen molar-refractivity contribution < 1.29 is 18.7 Å². The van der Waals surface area contributed by atoms with Crippen molar-refractivity contribution in [3.05, 3.63) is 53.5 Å². The largest absolute Gasteiger partial charge is 0.453 e. The van der Waals surface area contributed by atoms with Gasteiger partial charge in [-0.2, -0.15) is 0 Å². The zero-order valence-electron chi connectivity index (χ0n) is 14.4. The van der Waals surface area contributed by atoms with E-state index in [0.717, 1.165) is 24.1 Å². The number of furan rings is 1. The van der Waals surface area contributed by atoms with Crippen LogP contribution >= 0.6 is 0 Å². The minimum absolute atomic E-state index is 0.0822. The molecule has 0 bridgehead atoms. The number of hydrogen-bond donors (Lipinski definition) is 2. The van der Waals surface area contributed by atoms with Crippen LogP contribution in [0.3, 0.4) is 0 Å². The summed E-state index contributed by atoms with van der Waals surface area (Å²) in [4.78, 5) is 24.0. The van der Waals surface area contributed by atoms with Crippen molar-refractivity contribution >= 4 is 17.5 Å². The number of carbonyl (C=O) groups is 2. The summed E-state index contributed by atoms with van der Waals surface area (Å²) in [5.74, 6) is 0.845. The van der Waals surface area contributed by atoms with Crippen molar-refractivity contribution in [1.29, 1.82) is 0 Å². The van der Waals surface area contributed by atoms with Gasteiger partial charge in [0.05, 0.1) is 6.04 Å². The first-order chi connectivity index (χ1) is 12.1. The van der Waals surface area contributed by atoms with Gasteiger partial charge in [-0.15, -0.1) is 0 Å². The van der Waals surface area contributed by atoms with Gasteiger partial charge in [0.2, 0.25) is 5.91 Å². The molecule has 3 rings (SSSR count). The van der Waals surface area contributed by atoms with Crippen LogP contribution in [0.5, 0.6) is 0 Å². The van der Waals surface area contributed by atoms with Crippen molar-refractivity contribution in [2.45, 2.75) is 32.4 Å². The Balaban J connectivity index is 1.57. The summed E-state index contributed by atoms with van der Waals surface area (Å²) in [5, 5.41) is 5.79. The second-order valence-corrected chi connectivity index (χ2v) is 6.28. The molecule has 1 aliphatic carbocycles. The number of anilines is 1. The molecular formula is C19H22N2O4. The third kappa shape index (κ3) is 4.48. The van der Waals surface area contributed by atoms with Crippen LogP contribution in [0.4, 0.5) is 5.69 Å². The molecule has 1 aromatic heterocycles. The highest BCUT2D eigenvalue weighted by Gasteiger charge is 2.29. The first-order valence-electron chi connectivity index (χ1n) is 8.36. The van der Waals surface area contributed by atoms with E-state index in [1.807, 2.05) is 31.2 Å². The lowest BCUT2D eigenvalue weighted by atomic mass is 10.1. The predicted molar refractivity (Wildman–Crippen MR) is 93.1 cm³/mol. The highest BCUT2D eigenvalue weighted by molar-refractivity contribution is 5.94. The van der Waals surface area contributed by atoms with Gasteiger partial charge in [0.25, 0.3) is 5.91 Å². The molecule has 2 aromatic rings. The van der Waals surface area contributed by atoms with E-state index in [2.05, 4.69) is 10.6 Å². The fraction of sp³-hybridized carbons (Fsp3) is 0.368. The normalized spacial score (nSPS) is 14.8. The summed E-state index contributed by atoms with van der Waals surface area (Å²) < 4.78 is 10.4. The van der Waals surface area contributed by atoms with Gasteiger partial charge in [0, 0.05) is 18.7 Å². The molecule has 1 saturated carbocycles. The molecule has 2 N–H and O–H groups in total. The Labute approximate surface area is 146 Å². The molecule has 0 radical (unpaired) electrons. The number of hydrogen-bond acceptors (Lipinski definition) is 4. The van der Waals surface area contributed by atoms with Crippen LogP contribution in [0.25, 0.3) is 0 Å². The van der Waals surface area contributed by atoms with E-state index in [9.17, 15) is 9.59 Å². The van der Waals surface area contributed by atoms with E-state index in [1.54, 1.807) is 19.2 Å². The zero-order chi connectivity index (χ0) is 17.8. The third-order valence-corrected chi connectivity index (χ3v) is 4.15. The minimum Gasteiger partial charge on any atom is -0.453 e. The average Bonchev–Trinajstić information content (AvgIpc) is 3.35. The van der Waals surface area contributed by atoms with E-state index < -0.39 is 0 Å². The van der Waals surface area contributed by atoms with Crippen LogP contribution in [0.2, 0.25) is 0 Å². The molecule has 132 valence electrons. The van der Waals surface area contributed by atoms with E-state index in [-0.39, 0.29) is 29.5 Å². The number of rotatable bonds is 7. The standard InChI is InChI=1S/C19H22N2O4/c1-12(20-19(23)17-10-9-16(25-17)11-24-2)13-5-7-15(8-6-13)21-18(22)14-3-4-14/h5-10,12,14H,3-4,11H2,1-2H3,(H,20,23)(H,21,22). The zero-order valence-corrected chi connectivity index (χ0v) is 14.4. The van der Waals surface area contributed by atoms with Crippen molar-refractivity contribution in [2.75, 3.05) is 12.4 Å². The average molecular weight is 342 g/mol. The molecule has 1 atom stereocenters. The first kappa shape index (κ1) is 17.2. The topological polar surface area (TPSA) is 80.6 Å². The Morgan fingerprint density at radius 2 is 1.92 bits per heavy atom. The van der Waals surface area contributed by atoms with Crippen LogP contribution in [0, 0.1) is 5.92 Å². The summed E-state index contributed by atoms with van der Waals surface area (Å²) in [6.07, 6.45) is 1.96. The van der Waals surface area contributed by atoms with E-state index in [0.29, 0.717) is 12.4 Å². The van der Waals surface area contributed by atoms with Crippen molar-refractivity contribution in [1.82, 2.24) is 5.32 Å². The summed E-state index contributed by atoms with van der Waals surface area (Å²) >= 11 is 0. The smallest absolute Gasteiger partial charge is 0.287 e. The fourth-order valence-electron chi connectivity index (χ4n) is 2.52.